The third-order valence-corrected chi connectivity index (χ3v) is 1.83. The smallest absolute Gasteiger partial charge is 0.429 e. The fraction of sp³-hybridized carbons (Fsp3) is 0.125. The zero-order valence-electron chi connectivity index (χ0n) is 7.53. The highest BCUT2D eigenvalue weighted by Gasteiger charge is 2.16. The monoisotopic (exact) mass is 305 g/mol. The van der Waals surface area contributed by atoms with Crippen molar-refractivity contribution in [2.45, 2.75) is 6.82 Å². The van der Waals surface area contributed by atoms with Gasteiger partial charge in [-0.25, -0.2) is 4.79 Å². The van der Waals surface area contributed by atoms with Crippen molar-refractivity contribution >= 4 is 38.8 Å². The number of halogens is 1. The molecule has 0 saturated heterocycles. The number of nitrogens with two attached hydrogens (primary N) is 1. The number of phenols is 1. The van der Waals surface area contributed by atoms with E-state index in [9.17, 15) is 9.90 Å². The van der Waals surface area contributed by atoms with Gasteiger partial charge in [-0.2, -0.15) is 0 Å². The highest BCUT2D eigenvalue weighted by Crippen LogP contribution is 2.24. The Morgan fingerprint density at radius 2 is 2.29 bits per heavy atom. The van der Waals surface area contributed by atoms with Crippen molar-refractivity contribution in [1.29, 1.82) is 0 Å². The molecular weight excluding hydrogens is 296 g/mol. The van der Waals surface area contributed by atoms with E-state index in [0.717, 1.165) is 0 Å². The molecule has 4 nitrogen and oxygen atoms in total. The molecule has 0 fully saturated rings. The van der Waals surface area contributed by atoms with Gasteiger partial charge in [-0.15, -0.1) is 0 Å². The molecule has 0 bridgehead atoms. The van der Waals surface area contributed by atoms with E-state index in [4.69, 9.17) is 10.4 Å². The molecule has 1 rings (SSSR count). The minimum Gasteiger partial charge on any atom is -0.522 e. The summed E-state index contributed by atoms with van der Waals surface area (Å²) in [5, 5.41) is 9.25. The minimum absolute atomic E-state index is 0.0505. The van der Waals surface area contributed by atoms with Crippen molar-refractivity contribution in [3.63, 3.8) is 0 Å². The number of carbonyl (C=O) groups is 1. The lowest BCUT2D eigenvalue weighted by Crippen LogP contribution is -2.14. The average Bonchev–Trinajstić information content (AvgIpc) is 2.08. The number of aromatic hydroxyl groups is 1. The first-order chi connectivity index (χ1) is 6.52. The Balaban J connectivity index is 2.96. The van der Waals surface area contributed by atoms with E-state index in [1.54, 1.807) is 12.9 Å². The Hall–Kier alpha value is -0.915. The van der Waals surface area contributed by atoms with Gasteiger partial charge in [0.2, 0.25) is 0 Å². The summed E-state index contributed by atoms with van der Waals surface area (Å²) in [6.45, 7) is 1.73. The lowest BCUT2D eigenvalue weighted by Gasteiger charge is -2.08. The number of benzene rings is 1. The maximum atomic E-state index is 11.4. The van der Waals surface area contributed by atoms with Crippen LogP contribution in [-0.4, -0.2) is 15.8 Å². The molecule has 0 heterocycles. The number of anilines is 1. The van der Waals surface area contributed by atoms with Crippen LogP contribution in [0.25, 0.3) is 0 Å². The SMILES string of the molecule is CB(I)OC(=O)c1cccc(O)c1N. The van der Waals surface area contributed by atoms with Crippen molar-refractivity contribution in [2.24, 2.45) is 0 Å². The number of carbonyl (C=O) groups excluding carboxylic acids is 1. The second-order valence-electron chi connectivity index (χ2n) is 2.69. The molecule has 0 unspecified atom stereocenters. The number of nitrogen functional groups attached to an aromatic ring is 1. The summed E-state index contributed by atoms with van der Waals surface area (Å²) in [4.78, 5) is 11.4. The Morgan fingerprint density at radius 1 is 1.64 bits per heavy atom. The van der Waals surface area contributed by atoms with Gasteiger partial charge < -0.3 is 15.5 Å². The van der Waals surface area contributed by atoms with Gasteiger partial charge in [0.05, 0.1) is 11.3 Å². The summed E-state index contributed by atoms with van der Waals surface area (Å²) in [6.07, 6.45) is 0. The van der Waals surface area contributed by atoms with E-state index in [-0.39, 0.29) is 21.8 Å². The number of hydrogen-bond acceptors (Lipinski definition) is 4. The van der Waals surface area contributed by atoms with Crippen LogP contribution in [0.3, 0.4) is 0 Å². The summed E-state index contributed by atoms with van der Waals surface area (Å²) in [7, 11) is 0. The van der Waals surface area contributed by atoms with Crippen molar-refractivity contribution < 1.29 is 14.6 Å². The van der Waals surface area contributed by atoms with Gasteiger partial charge in [-0.1, -0.05) is 28.4 Å². The second kappa shape index (κ2) is 4.54. The highest BCUT2D eigenvalue weighted by molar-refractivity contribution is 14.1. The number of phenolic OH excluding ortho intramolecular Hbond substituents is 1. The third-order valence-electron chi connectivity index (χ3n) is 1.57. The van der Waals surface area contributed by atoms with Crippen LogP contribution in [0.15, 0.2) is 18.2 Å². The Morgan fingerprint density at radius 3 is 2.86 bits per heavy atom. The van der Waals surface area contributed by atoms with Crippen molar-refractivity contribution in [2.75, 3.05) is 5.73 Å². The molecule has 1 aromatic rings. The van der Waals surface area contributed by atoms with E-state index >= 15 is 0 Å². The molecule has 0 aliphatic rings. The molecule has 0 saturated carbocycles. The Bertz CT molecular complexity index is 356. The predicted octanol–water partition coefficient (Wildman–Crippen LogP) is 1.68. The van der Waals surface area contributed by atoms with Gasteiger partial charge >= 0.3 is 10.7 Å². The molecule has 74 valence electrons. The summed E-state index contributed by atoms with van der Waals surface area (Å²) >= 11 is 1.96. The summed E-state index contributed by atoms with van der Waals surface area (Å²) < 4.78 is 4.69. The zero-order valence-corrected chi connectivity index (χ0v) is 9.69. The van der Waals surface area contributed by atoms with Crippen LogP contribution in [0.2, 0.25) is 6.82 Å². The fourth-order valence-corrected chi connectivity index (χ4v) is 1.17. The number of rotatable bonds is 2. The third kappa shape index (κ3) is 2.54. The molecule has 3 N–H and O–H groups in total. The standard InChI is InChI=1S/C8H9BINO3/c1-9(10)14-8(13)5-3-2-4-6(12)7(5)11/h2-4,12H,11H2,1H3. The lowest BCUT2D eigenvalue weighted by atomic mass is 10.1. The van der Waals surface area contributed by atoms with E-state index in [0.29, 0.717) is 0 Å². The van der Waals surface area contributed by atoms with Crippen LogP contribution in [0, 0.1) is 0 Å². The fourth-order valence-electron chi connectivity index (χ4n) is 0.942. The summed E-state index contributed by atoms with van der Waals surface area (Å²) in [5.41, 5.74) is 5.74. The average molecular weight is 305 g/mol. The second-order valence-corrected chi connectivity index (χ2v) is 4.44. The number of para-hydroxylation sites is 1. The minimum atomic E-state index is -0.527. The maximum absolute atomic E-state index is 11.4. The first-order valence-electron chi connectivity index (χ1n) is 3.95. The zero-order chi connectivity index (χ0) is 10.7. The van der Waals surface area contributed by atoms with Gasteiger partial charge in [0.1, 0.15) is 5.75 Å². The maximum Gasteiger partial charge on any atom is 0.429 e. The molecular formula is C8H9BINO3. The summed E-state index contributed by atoms with van der Waals surface area (Å²) in [5.74, 6) is -0.638. The predicted molar refractivity (Wildman–Crippen MR) is 63.6 cm³/mol. The molecule has 14 heavy (non-hydrogen) atoms. The van der Waals surface area contributed by atoms with Crippen LogP contribution >= 0.6 is 22.4 Å². The molecule has 0 spiro atoms. The van der Waals surface area contributed by atoms with Crippen LogP contribution < -0.4 is 5.73 Å². The molecule has 0 aromatic heterocycles. The quantitative estimate of drug-likeness (QED) is 0.377. The molecule has 6 heteroatoms. The first-order valence-corrected chi connectivity index (χ1v) is 5.19. The normalized spacial score (nSPS) is 9.57. The largest absolute Gasteiger partial charge is 0.522 e. The Labute approximate surface area is 95.4 Å². The topological polar surface area (TPSA) is 72.5 Å². The van der Waals surface area contributed by atoms with E-state index in [1.807, 2.05) is 22.4 Å². The molecule has 0 atom stereocenters. The van der Waals surface area contributed by atoms with E-state index < -0.39 is 5.97 Å². The number of hydrogen-bond donors (Lipinski definition) is 2. The van der Waals surface area contributed by atoms with Crippen molar-refractivity contribution in [3.8, 4) is 5.75 Å². The van der Waals surface area contributed by atoms with Gasteiger partial charge in [-0.3, -0.25) is 0 Å². The van der Waals surface area contributed by atoms with E-state index in [2.05, 4.69) is 0 Å². The van der Waals surface area contributed by atoms with Gasteiger partial charge in [0.25, 0.3) is 0 Å². The highest BCUT2D eigenvalue weighted by atomic mass is 127. The molecule has 0 aliphatic carbocycles. The van der Waals surface area contributed by atoms with Gasteiger partial charge in [0.15, 0.2) is 0 Å². The van der Waals surface area contributed by atoms with Crippen LogP contribution in [-0.2, 0) is 4.65 Å². The first kappa shape index (κ1) is 11.2. The van der Waals surface area contributed by atoms with Gasteiger partial charge in [-0.05, 0) is 19.0 Å². The van der Waals surface area contributed by atoms with Crippen LogP contribution in [0.4, 0.5) is 5.69 Å². The molecule has 1 aromatic carbocycles. The van der Waals surface area contributed by atoms with E-state index in [1.165, 1.54) is 12.1 Å². The molecule has 0 amide bonds. The summed E-state index contributed by atoms with van der Waals surface area (Å²) in [6, 6.07) is 4.47. The van der Waals surface area contributed by atoms with Crippen molar-refractivity contribution in [3.05, 3.63) is 23.8 Å². The lowest BCUT2D eigenvalue weighted by molar-refractivity contribution is 0.0742. The molecule has 0 aliphatic heterocycles. The Kier molecular flexibility index (Phi) is 3.62. The van der Waals surface area contributed by atoms with Crippen LogP contribution in [0.5, 0.6) is 5.75 Å². The van der Waals surface area contributed by atoms with Crippen LogP contribution in [0.1, 0.15) is 10.4 Å². The molecule has 0 radical (unpaired) electrons. The van der Waals surface area contributed by atoms with Gasteiger partial charge in [0, 0.05) is 0 Å². The van der Waals surface area contributed by atoms with Crippen molar-refractivity contribution in [1.82, 2.24) is 0 Å².